The van der Waals surface area contributed by atoms with Crippen LogP contribution < -0.4 is 0 Å². The molecule has 0 aliphatic carbocycles. The van der Waals surface area contributed by atoms with Gasteiger partial charge in [-0.15, -0.1) is 0 Å². The van der Waals surface area contributed by atoms with Gasteiger partial charge >= 0.3 is 0 Å². The molecule has 4 heteroatoms. The third-order valence-corrected chi connectivity index (χ3v) is 6.51. The molecule has 4 rings (SSSR count). The van der Waals surface area contributed by atoms with E-state index in [1.165, 1.54) is 32.1 Å². The summed E-state index contributed by atoms with van der Waals surface area (Å²) in [5.41, 5.74) is 4.82. The Morgan fingerprint density at radius 3 is 1.30 bits per heavy atom. The van der Waals surface area contributed by atoms with Crippen molar-refractivity contribution in [3.63, 3.8) is 0 Å². The molecule has 0 unspecified atom stereocenters. The highest BCUT2D eigenvalue weighted by Crippen LogP contribution is 2.53. The van der Waals surface area contributed by atoms with Crippen molar-refractivity contribution in [2.75, 3.05) is 0 Å². The maximum Gasteiger partial charge on any atom is 0.0832 e. The number of benzene rings is 2. The summed E-state index contributed by atoms with van der Waals surface area (Å²) >= 11 is 14.4. The van der Waals surface area contributed by atoms with Crippen molar-refractivity contribution in [1.29, 1.82) is 0 Å². The minimum atomic E-state index is 0.957. The molecule has 0 radical (unpaired) electrons. The molecule has 0 aromatic heterocycles. The standard InChI is InChI=1S/C16H8S4/c17-15-11-7-3-1-5-9(11)13(19-15)14-10-6-2-4-8-12(10)16(18)20-14/h1-8H/b14-13+. The summed E-state index contributed by atoms with van der Waals surface area (Å²) in [7, 11) is 0. The lowest BCUT2D eigenvalue weighted by molar-refractivity contribution is 1.62. The van der Waals surface area contributed by atoms with Crippen molar-refractivity contribution in [3.05, 3.63) is 70.8 Å². The van der Waals surface area contributed by atoms with Gasteiger partial charge in [0.05, 0.1) is 8.39 Å². The van der Waals surface area contributed by atoms with E-state index in [0.717, 1.165) is 8.39 Å². The van der Waals surface area contributed by atoms with E-state index in [1.807, 2.05) is 12.1 Å². The van der Waals surface area contributed by atoms with Crippen LogP contribution in [0.5, 0.6) is 0 Å². The van der Waals surface area contributed by atoms with Crippen molar-refractivity contribution in [1.82, 2.24) is 0 Å². The summed E-state index contributed by atoms with van der Waals surface area (Å²) in [5, 5.41) is 0. The molecule has 2 aromatic rings. The first kappa shape index (κ1) is 12.8. The molecular formula is C16H8S4. The molecule has 0 bridgehead atoms. The molecule has 0 nitrogen and oxygen atoms in total. The summed E-state index contributed by atoms with van der Waals surface area (Å²) in [6.45, 7) is 0. The molecule has 0 amide bonds. The number of fused-ring (bicyclic) bond motifs is 2. The Morgan fingerprint density at radius 1 is 0.550 bits per heavy atom. The minimum absolute atomic E-state index is 0.957. The Morgan fingerprint density at radius 2 is 0.900 bits per heavy atom. The zero-order valence-corrected chi connectivity index (χ0v) is 13.5. The van der Waals surface area contributed by atoms with Crippen LogP contribution in [-0.4, -0.2) is 8.39 Å². The van der Waals surface area contributed by atoms with Crippen LogP contribution >= 0.6 is 48.0 Å². The molecule has 2 aromatic carbocycles. The first-order valence-corrected chi connectivity index (χ1v) is 8.58. The van der Waals surface area contributed by atoms with Crippen LogP contribution in [0.15, 0.2) is 48.5 Å². The lowest BCUT2D eigenvalue weighted by Crippen LogP contribution is -1.85. The smallest absolute Gasteiger partial charge is 0.0758 e. The van der Waals surface area contributed by atoms with Gasteiger partial charge in [-0.1, -0.05) is 96.5 Å². The van der Waals surface area contributed by atoms with Crippen molar-refractivity contribution < 1.29 is 0 Å². The van der Waals surface area contributed by atoms with Gasteiger partial charge in [-0.05, 0) is 11.1 Å². The van der Waals surface area contributed by atoms with E-state index in [0.29, 0.717) is 0 Å². The fourth-order valence-corrected chi connectivity index (χ4v) is 5.49. The van der Waals surface area contributed by atoms with E-state index in [9.17, 15) is 0 Å². The first-order valence-electron chi connectivity index (χ1n) is 6.13. The number of thioether (sulfide) groups is 2. The summed E-state index contributed by atoms with van der Waals surface area (Å²) in [5.74, 6) is 0. The molecule has 2 aliphatic rings. The molecule has 20 heavy (non-hydrogen) atoms. The highest BCUT2D eigenvalue weighted by Gasteiger charge is 2.30. The Labute approximate surface area is 136 Å². The third-order valence-electron chi connectivity index (χ3n) is 3.38. The Hall–Kier alpha value is -0.940. The van der Waals surface area contributed by atoms with Gasteiger partial charge < -0.3 is 0 Å². The molecule has 2 aliphatic heterocycles. The second kappa shape index (κ2) is 4.81. The molecule has 96 valence electrons. The second-order valence-corrected chi connectivity index (χ2v) is 7.90. The van der Waals surface area contributed by atoms with Gasteiger partial charge in [0.25, 0.3) is 0 Å². The maximum atomic E-state index is 5.50. The molecule has 0 saturated heterocycles. The van der Waals surface area contributed by atoms with Crippen molar-refractivity contribution in [3.8, 4) is 0 Å². The zero-order valence-electron chi connectivity index (χ0n) is 10.3. The molecule has 0 spiro atoms. The monoisotopic (exact) mass is 328 g/mol. The topological polar surface area (TPSA) is 0 Å². The van der Waals surface area contributed by atoms with Crippen LogP contribution in [0.1, 0.15) is 22.3 Å². The van der Waals surface area contributed by atoms with Crippen LogP contribution in [0.4, 0.5) is 0 Å². The van der Waals surface area contributed by atoms with Gasteiger partial charge in [0, 0.05) is 20.9 Å². The van der Waals surface area contributed by atoms with Crippen molar-refractivity contribution >= 4 is 66.2 Å². The highest BCUT2D eigenvalue weighted by molar-refractivity contribution is 8.34. The fourth-order valence-electron chi connectivity index (χ4n) is 2.46. The fraction of sp³-hybridized carbons (Fsp3) is 0. The average molecular weight is 329 g/mol. The highest BCUT2D eigenvalue weighted by atomic mass is 32.2. The average Bonchev–Trinajstić information content (AvgIpc) is 2.99. The first-order chi connectivity index (χ1) is 9.75. The normalized spacial score (nSPS) is 20.2. The van der Waals surface area contributed by atoms with E-state index in [-0.39, 0.29) is 0 Å². The predicted octanol–water partition coefficient (Wildman–Crippen LogP) is 5.36. The van der Waals surface area contributed by atoms with E-state index in [2.05, 4.69) is 36.4 Å². The van der Waals surface area contributed by atoms with Crippen LogP contribution in [0.25, 0.3) is 9.81 Å². The summed E-state index contributed by atoms with van der Waals surface area (Å²) < 4.78 is 1.91. The lowest BCUT2D eigenvalue weighted by atomic mass is 10.0. The number of hydrogen-bond acceptors (Lipinski definition) is 4. The Kier molecular flexibility index (Phi) is 3.07. The van der Waals surface area contributed by atoms with Gasteiger partial charge in [0.15, 0.2) is 0 Å². The number of thiocarbonyl (C=S) groups is 2. The molecule has 0 fully saturated rings. The zero-order chi connectivity index (χ0) is 13.7. The number of hydrogen-bond donors (Lipinski definition) is 0. The second-order valence-electron chi connectivity index (χ2n) is 4.53. The Balaban J connectivity index is 1.99. The van der Waals surface area contributed by atoms with Gasteiger partial charge in [-0.25, -0.2) is 0 Å². The van der Waals surface area contributed by atoms with Crippen molar-refractivity contribution in [2.24, 2.45) is 0 Å². The van der Waals surface area contributed by atoms with Crippen LogP contribution in [0.3, 0.4) is 0 Å². The molecule has 0 saturated carbocycles. The molecule has 0 atom stereocenters. The molecular weight excluding hydrogens is 320 g/mol. The van der Waals surface area contributed by atoms with E-state index >= 15 is 0 Å². The van der Waals surface area contributed by atoms with Gasteiger partial charge in [-0.2, -0.15) is 0 Å². The van der Waals surface area contributed by atoms with E-state index in [1.54, 1.807) is 23.5 Å². The van der Waals surface area contributed by atoms with Gasteiger partial charge in [0.2, 0.25) is 0 Å². The third kappa shape index (κ3) is 1.83. The van der Waals surface area contributed by atoms with Crippen LogP contribution in [0, 0.1) is 0 Å². The Bertz CT molecular complexity index is 734. The maximum absolute atomic E-state index is 5.50. The van der Waals surface area contributed by atoms with Crippen LogP contribution in [0.2, 0.25) is 0 Å². The van der Waals surface area contributed by atoms with Gasteiger partial charge in [-0.3, -0.25) is 0 Å². The minimum Gasteiger partial charge on any atom is -0.0758 e. The van der Waals surface area contributed by atoms with E-state index in [4.69, 9.17) is 24.4 Å². The van der Waals surface area contributed by atoms with E-state index < -0.39 is 0 Å². The quantitative estimate of drug-likeness (QED) is 0.597. The predicted molar refractivity (Wildman–Crippen MR) is 98.3 cm³/mol. The summed E-state index contributed by atoms with van der Waals surface area (Å²) in [4.78, 5) is 2.51. The van der Waals surface area contributed by atoms with Crippen molar-refractivity contribution in [2.45, 2.75) is 0 Å². The lowest BCUT2D eigenvalue weighted by Gasteiger charge is -2.04. The molecule has 2 heterocycles. The largest absolute Gasteiger partial charge is 0.0832 e. The van der Waals surface area contributed by atoms with Crippen LogP contribution in [-0.2, 0) is 0 Å². The number of rotatable bonds is 0. The molecule has 0 N–H and O–H groups in total. The summed E-state index contributed by atoms with van der Waals surface area (Å²) in [6, 6.07) is 16.7. The van der Waals surface area contributed by atoms with Gasteiger partial charge in [0.1, 0.15) is 0 Å². The SMILES string of the molecule is S=C1S/C(=C2/SC(=S)c3ccccc32)c2ccccc21. The summed E-state index contributed by atoms with van der Waals surface area (Å²) in [6.07, 6.45) is 0.